The molecule has 2 N–H and O–H groups in total. The topological polar surface area (TPSA) is 88.7 Å². The van der Waals surface area contributed by atoms with Gasteiger partial charge in [-0.3, -0.25) is 19.8 Å². The number of H-pyrrole nitrogens is 1. The van der Waals surface area contributed by atoms with Crippen molar-refractivity contribution >= 4 is 34.6 Å². The number of furan rings is 1. The molecule has 4 aromatic rings. The maximum absolute atomic E-state index is 13.1. The molecule has 152 valence electrons. The van der Waals surface area contributed by atoms with E-state index in [1.807, 2.05) is 6.92 Å². The lowest BCUT2D eigenvalue weighted by molar-refractivity contribution is 0.0997. The highest BCUT2D eigenvalue weighted by molar-refractivity contribution is 7.71. The largest absolute Gasteiger partial charge is 0.451 e. The molecule has 0 spiro atoms. The SMILES string of the molecule is C=CCn1c(-c2sc(NC(=O)c3ccc(-c4ccc(F)cc4)o3)nc2C)n[nH]c1=S. The van der Waals surface area contributed by atoms with Gasteiger partial charge in [-0.15, -0.1) is 6.58 Å². The Hall–Kier alpha value is -3.37. The van der Waals surface area contributed by atoms with Gasteiger partial charge in [0.05, 0.1) is 10.6 Å². The summed E-state index contributed by atoms with van der Waals surface area (Å²) in [7, 11) is 0. The van der Waals surface area contributed by atoms with Crippen molar-refractivity contribution in [1.82, 2.24) is 19.7 Å². The molecule has 0 fully saturated rings. The third-order valence-electron chi connectivity index (χ3n) is 4.25. The van der Waals surface area contributed by atoms with Crippen molar-refractivity contribution in [2.24, 2.45) is 0 Å². The Labute approximate surface area is 179 Å². The first-order valence-electron chi connectivity index (χ1n) is 8.87. The van der Waals surface area contributed by atoms with Crippen LogP contribution in [0, 0.1) is 17.5 Å². The Morgan fingerprint density at radius 3 is 2.87 bits per heavy atom. The van der Waals surface area contributed by atoms with E-state index in [1.165, 1.54) is 23.5 Å². The minimum atomic E-state index is -0.436. The number of anilines is 1. The van der Waals surface area contributed by atoms with Gasteiger partial charge in [-0.25, -0.2) is 9.37 Å². The first-order valence-corrected chi connectivity index (χ1v) is 10.1. The number of allylic oxidation sites excluding steroid dienone is 1. The molecule has 0 atom stereocenters. The lowest BCUT2D eigenvalue weighted by atomic mass is 10.2. The second kappa shape index (κ2) is 8.17. The van der Waals surface area contributed by atoms with Gasteiger partial charge in [-0.05, 0) is 55.5 Å². The van der Waals surface area contributed by atoms with Crippen LogP contribution in [0.4, 0.5) is 9.52 Å². The predicted octanol–water partition coefficient (Wildman–Crippen LogP) is 5.21. The fourth-order valence-electron chi connectivity index (χ4n) is 2.83. The smallest absolute Gasteiger partial charge is 0.293 e. The summed E-state index contributed by atoms with van der Waals surface area (Å²) in [6, 6.07) is 9.06. The van der Waals surface area contributed by atoms with Gasteiger partial charge in [0.25, 0.3) is 5.91 Å². The molecule has 0 radical (unpaired) electrons. The first-order chi connectivity index (χ1) is 14.5. The van der Waals surface area contributed by atoms with Gasteiger partial charge >= 0.3 is 0 Å². The summed E-state index contributed by atoms with van der Waals surface area (Å²) in [5.74, 6) is 0.447. The number of benzene rings is 1. The van der Waals surface area contributed by atoms with Crippen molar-refractivity contribution in [2.45, 2.75) is 13.5 Å². The summed E-state index contributed by atoms with van der Waals surface area (Å²) in [5.41, 5.74) is 1.38. The number of carbonyl (C=O) groups is 1. The van der Waals surface area contributed by atoms with Gasteiger partial charge in [-0.1, -0.05) is 17.4 Å². The van der Waals surface area contributed by atoms with Crippen molar-refractivity contribution in [3.05, 3.63) is 71.1 Å². The van der Waals surface area contributed by atoms with E-state index in [0.29, 0.717) is 39.3 Å². The molecule has 1 amide bonds. The molecular formula is C20H16FN5O2S2. The molecule has 3 heterocycles. The number of rotatable bonds is 6. The number of carbonyl (C=O) groups excluding carboxylic acids is 1. The van der Waals surface area contributed by atoms with E-state index in [-0.39, 0.29) is 11.6 Å². The Kier molecular flexibility index (Phi) is 5.42. The first kappa shape index (κ1) is 19.9. The number of thiazole rings is 1. The highest BCUT2D eigenvalue weighted by atomic mass is 32.1. The molecule has 0 bridgehead atoms. The van der Waals surface area contributed by atoms with Crippen LogP contribution in [0.15, 0.2) is 53.5 Å². The van der Waals surface area contributed by atoms with E-state index in [9.17, 15) is 9.18 Å². The van der Waals surface area contributed by atoms with Gasteiger partial charge in [0.2, 0.25) is 0 Å². The monoisotopic (exact) mass is 441 g/mol. The molecule has 0 aliphatic heterocycles. The number of amides is 1. The van der Waals surface area contributed by atoms with Crippen LogP contribution in [-0.4, -0.2) is 25.7 Å². The van der Waals surface area contributed by atoms with Gasteiger partial charge in [-0.2, -0.15) is 5.10 Å². The molecule has 0 aliphatic rings. The number of aromatic amines is 1. The summed E-state index contributed by atoms with van der Waals surface area (Å²) in [6.07, 6.45) is 1.73. The number of hydrogen-bond acceptors (Lipinski definition) is 6. The molecule has 0 aliphatic carbocycles. The number of aryl methyl sites for hydroxylation is 1. The Bertz CT molecular complexity index is 1280. The zero-order valence-electron chi connectivity index (χ0n) is 15.8. The molecule has 3 aromatic heterocycles. The maximum Gasteiger partial charge on any atom is 0.293 e. The van der Waals surface area contributed by atoms with Crippen LogP contribution in [0.2, 0.25) is 0 Å². The van der Waals surface area contributed by atoms with Gasteiger partial charge in [0.1, 0.15) is 11.6 Å². The second-order valence-electron chi connectivity index (χ2n) is 6.31. The zero-order chi connectivity index (χ0) is 21.3. The van der Waals surface area contributed by atoms with Crippen LogP contribution >= 0.6 is 23.6 Å². The average Bonchev–Trinajstić information content (AvgIpc) is 3.43. The standard InChI is InChI=1S/C20H16FN5O2S2/c1-3-10-26-17(24-25-20(26)29)16-11(2)22-19(30-16)23-18(27)15-9-8-14(28-15)12-4-6-13(21)7-5-12/h3-9H,1,10H2,2H3,(H,25,29)(H,22,23,27). The normalized spacial score (nSPS) is 10.9. The van der Waals surface area contributed by atoms with Crippen LogP contribution in [0.5, 0.6) is 0 Å². The van der Waals surface area contributed by atoms with E-state index in [0.717, 1.165) is 4.88 Å². The highest BCUT2D eigenvalue weighted by Crippen LogP contribution is 2.32. The van der Waals surface area contributed by atoms with Crippen molar-refractivity contribution in [3.8, 4) is 22.0 Å². The molecule has 0 saturated heterocycles. The minimum absolute atomic E-state index is 0.123. The predicted molar refractivity (Wildman–Crippen MR) is 116 cm³/mol. The maximum atomic E-state index is 13.1. The van der Waals surface area contributed by atoms with Gasteiger partial charge in [0, 0.05) is 12.1 Å². The summed E-state index contributed by atoms with van der Waals surface area (Å²) in [4.78, 5) is 17.8. The Morgan fingerprint density at radius 2 is 2.13 bits per heavy atom. The number of aromatic nitrogens is 4. The summed E-state index contributed by atoms with van der Waals surface area (Å²) >= 11 is 6.53. The molecule has 0 saturated carbocycles. The van der Waals surface area contributed by atoms with Gasteiger partial charge in [0.15, 0.2) is 21.5 Å². The van der Waals surface area contributed by atoms with Crippen LogP contribution in [0.3, 0.4) is 0 Å². The van der Waals surface area contributed by atoms with Crippen molar-refractivity contribution in [3.63, 3.8) is 0 Å². The fourth-order valence-corrected chi connectivity index (χ4v) is 4.00. The van der Waals surface area contributed by atoms with Crippen LogP contribution in [0.25, 0.3) is 22.0 Å². The number of hydrogen-bond donors (Lipinski definition) is 2. The van der Waals surface area contributed by atoms with E-state index in [2.05, 4.69) is 27.1 Å². The van der Waals surface area contributed by atoms with Crippen molar-refractivity contribution < 1.29 is 13.6 Å². The molecule has 4 rings (SSSR count). The fraction of sp³-hybridized carbons (Fsp3) is 0.100. The van der Waals surface area contributed by atoms with E-state index in [1.54, 1.807) is 34.9 Å². The Balaban J connectivity index is 1.55. The minimum Gasteiger partial charge on any atom is -0.451 e. The lowest BCUT2D eigenvalue weighted by Crippen LogP contribution is -2.10. The van der Waals surface area contributed by atoms with Crippen molar-refractivity contribution in [1.29, 1.82) is 0 Å². The van der Waals surface area contributed by atoms with Crippen LogP contribution in [-0.2, 0) is 6.54 Å². The molecule has 30 heavy (non-hydrogen) atoms. The summed E-state index contributed by atoms with van der Waals surface area (Å²) in [6.45, 7) is 6.07. The third-order valence-corrected chi connectivity index (χ3v) is 5.63. The molecule has 7 nitrogen and oxygen atoms in total. The van der Waals surface area contributed by atoms with E-state index < -0.39 is 5.91 Å². The Morgan fingerprint density at radius 1 is 1.37 bits per heavy atom. The van der Waals surface area contributed by atoms with Crippen LogP contribution in [0.1, 0.15) is 16.2 Å². The molecule has 1 aromatic carbocycles. The summed E-state index contributed by atoms with van der Waals surface area (Å²) < 4.78 is 21.0. The quantitative estimate of drug-likeness (QED) is 0.317. The molecule has 10 heteroatoms. The average molecular weight is 442 g/mol. The lowest BCUT2D eigenvalue weighted by Gasteiger charge is -2.01. The molecule has 0 unspecified atom stereocenters. The molecular weight excluding hydrogens is 425 g/mol. The van der Waals surface area contributed by atoms with E-state index >= 15 is 0 Å². The van der Waals surface area contributed by atoms with Crippen molar-refractivity contribution in [2.75, 3.05) is 5.32 Å². The number of halogens is 1. The number of nitrogens with zero attached hydrogens (tertiary/aromatic N) is 3. The summed E-state index contributed by atoms with van der Waals surface area (Å²) in [5, 5.41) is 10.2. The van der Waals surface area contributed by atoms with E-state index in [4.69, 9.17) is 16.6 Å². The zero-order valence-corrected chi connectivity index (χ0v) is 17.4. The van der Waals surface area contributed by atoms with Gasteiger partial charge < -0.3 is 4.42 Å². The highest BCUT2D eigenvalue weighted by Gasteiger charge is 2.19. The van der Waals surface area contributed by atoms with Crippen LogP contribution < -0.4 is 5.32 Å². The second-order valence-corrected chi connectivity index (χ2v) is 7.70. The number of nitrogens with one attached hydrogen (secondary N) is 2. The third kappa shape index (κ3) is 3.87.